The van der Waals surface area contributed by atoms with Crippen LogP contribution < -0.4 is 9.64 Å². The molecule has 0 spiro atoms. The molecule has 1 aliphatic heterocycles. The van der Waals surface area contributed by atoms with E-state index in [2.05, 4.69) is 4.98 Å². The van der Waals surface area contributed by atoms with E-state index in [0.29, 0.717) is 12.4 Å². The summed E-state index contributed by atoms with van der Waals surface area (Å²) in [7, 11) is 1.21. The van der Waals surface area contributed by atoms with Crippen molar-refractivity contribution in [2.45, 2.75) is 26.3 Å². The number of aliphatic hydroxyl groups is 1. The van der Waals surface area contributed by atoms with Crippen molar-refractivity contribution in [1.29, 1.82) is 0 Å². The number of aromatic nitrogens is 1. The van der Waals surface area contributed by atoms with Crippen molar-refractivity contribution >= 4 is 39.9 Å². The van der Waals surface area contributed by atoms with Crippen LogP contribution in [0.5, 0.6) is 5.75 Å². The van der Waals surface area contributed by atoms with Crippen LogP contribution in [-0.2, 0) is 14.3 Å². The molecule has 1 aromatic heterocycles. The predicted octanol–water partition coefficient (Wildman–Crippen LogP) is 4.79. The minimum Gasteiger partial charge on any atom is -0.507 e. The lowest BCUT2D eigenvalue weighted by atomic mass is 9.95. The number of halogens is 1. The zero-order valence-electron chi connectivity index (χ0n) is 19.8. The molecular formula is C26H23FN2O6S. The Bertz CT molecular complexity index is 1380. The van der Waals surface area contributed by atoms with Crippen LogP contribution in [0.15, 0.2) is 54.1 Å². The zero-order valence-corrected chi connectivity index (χ0v) is 20.6. The molecule has 4 rings (SSSR count). The number of carbonyl (C=O) groups is 3. The molecule has 36 heavy (non-hydrogen) atoms. The first-order valence-electron chi connectivity index (χ1n) is 11.1. The summed E-state index contributed by atoms with van der Waals surface area (Å²) < 4.78 is 25.4. The second-order valence-electron chi connectivity index (χ2n) is 7.97. The van der Waals surface area contributed by atoms with Crippen molar-refractivity contribution in [1.82, 2.24) is 4.98 Å². The van der Waals surface area contributed by atoms with Gasteiger partial charge in [-0.05, 0) is 31.5 Å². The fraction of sp³-hybridized carbons (Fsp3) is 0.231. The van der Waals surface area contributed by atoms with Crippen LogP contribution in [0.3, 0.4) is 0 Å². The lowest BCUT2D eigenvalue weighted by molar-refractivity contribution is -0.132. The molecular weight excluding hydrogens is 487 g/mol. The number of hydrogen-bond acceptors (Lipinski definition) is 8. The third kappa shape index (κ3) is 4.47. The summed E-state index contributed by atoms with van der Waals surface area (Å²) in [5.41, 5.74) is 0.208. The van der Waals surface area contributed by atoms with Gasteiger partial charge in [-0.15, -0.1) is 0 Å². The van der Waals surface area contributed by atoms with E-state index in [1.807, 2.05) is 6.92 Å². The Morgan fingerprint density at radius 1 is 1.19 bits per heavy atom. The van der Waals surface area contributed by atoms with Gasteiger partial charge in [-0.3, -0.25) is 14.5 Å². The minimum absolute atomic E-state index is 0.00216. The Hall–Kier alpha value is -4.05. The quantitative estimate of drug-likeness (QED) is 0.211. The number of rotatable bonds is 7. The smallest absolute Gasteiger partial charge is 0.350 e. The highest BCUT2D eigenvalue weighted by molar-refractivity contribution is 7.17. The maximum atomic E-state index is 15.0. The number of hydrogen-bond donors (Lipinski definition) is 1. The molecule has 0 radical (unpaired) electrons. The molecule has 2 aromatic carbocycles. The highest BCUT2D eigenvalue weighted by Crippen LogP contribution is 2.44. The van der Waals surface area contributed by atoms with E-state index in [4.69, 9.17) is 9.47 Å². The fourth-order valence-corrected chi connectivity index (χ4v) is 4.91. The molecule has 1 amide bonds. The Labute approximate surface area is 210 Å². The van der Waals surface area contributed by atoms with Gasteiger partial charge in [0, 0.05) is 11.1 Å². The summed E-state index contributed by atoms with van der Waals surface area (Å²) in [5.74, 6) is -3.36. The van der Waals surface area contributed by atoms with Crippen molar-refractivity contribution in [3.63, 3.8) is 0 Å². The summed E-state index contributed by atoms with van der Waals surface area (Å²) in [5, 5.41) is 11.2. The molecule has 1 unspecified atom stereocenters. The van der Waals surface area contributed by atoms with Crippen LogP contribution in [0.2, 0.25) is 0 Å². The average Bonchev–Trinajstić information content (AvgIpc) is 3.38. The van der Waals surface area contributed by atoms with Gasteiger partial charge in [0.25, 0.3) is 5.78 Å². The van der Waals surface area contributed by atoms with Gasteiger partial charge < -0.3 is 14.6 Å². The molecule has 8 nitrogen and oxygen atoms in total. The van der Waals surface area contributed by atoms with Gasteiger partial charge in [-0.1, -0.05) is 48.6 Å². The molecule has 1 atom stereocenters. The number of ether oxygens (including phenoxy) is 2. The number of aliphatic hydroxyl groups excluding tert-OH is 1. The van der Waals surface area contributed by atoms with E-state index in [1.165, 1.54) is 25.3 Å². The molecule has 0 bridgehead atoms. The second-order valence-corrected chi connectivity index (χ2v) is 8.95. The van der Waals surface area contributed by atoms with E-state index in [-0.39, 0.29) is 32.4 Å². The summed E-state index contributed by atoms with van der Waals surface area (Å²) in [6, 6.07) is 10.8. The second kappa shape index (κ2) is 10.3. The molecule has 1 fully saturated rings. The molecule has 1 aliphatic rings. The van der Waals surface area contributed by atoms with Crippen molar-refractivity contribution < 1.29 is 33.4 Å². The summed E-state index contributed by atoms with van der Waals surface area (Å²) >= 11 is 0.841. The summed E-state index contributed by atoms with van der Waals surface area (Å²) in [6.07, 6.45) is 0.773. The van der Waals surface area contributed by atoms with E-state index in [1.54, 1.807) is 37.3 Å². The van der Waals surface area contributed by atoms with E-state index in [0.717, 1.165) is 22.7 Å². The van der Waals surface area contributed by atoms with E-state index < -0.39 is 35.3 Å². The molecule has 2 heterocycles. The first-order chi connectivity index (χ1) is 17.3. The molecule has 1 saturated heterocycles. The van der Waals surface area contributed by atoms with Crippen molar-refractivity contribution in [3.8, 4) is 5.75 Å². The summed E-state index contributed by atoms with van der Waals surface area (Å²) in [6.45, 7) is 3.96. The number of esters is 1. The number of benzene rings is 2. The molecule has 3 aromatic rings. The number of anilines is 1. The SMILES string of the molecule is CCCOc1cccc(C(O)=C2C(=O)C(=O)N(c3nc(C)c(C(=O)OC)s3)C2c2ccccc2F)c1. The van der Waals surface area contributed by atoms with Gasteiger partial charge in [-0.25, -0.2) is 14.2 Å². The number of carbonyl (C=O) groups excluding carboxylic acids is 3. The molecule has 0 aliphatic carbocycles. The first-order valence-corrected chi connectivity index (χ1v) is 11.9. The Morgan fingerprint density at radius 2 is 1.94 bits per heavy atom. The van der Waals surface area contributed by atoms with Crippen molar-refractivity contribution in [2.75, 3.05) is 18.6 Å². The largest absolute Gasteiger partial charge is 0.507 e. The monoisotopic (exact) mass is 510 g/mol. The maximum absolute atomic E-state index is 15.0. The van der Waals surface area contributed by atoms with Crippen LogP contribution in [0.4, 0.5) is 9.52 Å². The van der Waals surface area contributed by atoms with Crippen molar-refractivity contribution in [2.24, 2.45) is 0 Å². The molecule has 10 heteroatoms. The maximum Gasteiger partial charge on any atom is 0.350 e. The van der Waals surface area contributed by atoms with Crippen LogP contribution in [0, 0.1) is 12.7 Å². The highest BCUT2D eigenvalue weighted by atomic mass is 32.1. The number of thiazole rings is 1. The number of methoxy groups -OCH3 is 1. The van der Waals surface area contributed by atoms with Gasteiger partial charge in [0.1, 0.15) is 28.2 Å². The Kier molecular flexibility index (Phi) is 7.16. The number of amides is 1. The Balaban J connectivity index is 1.91. The first kappa shape index (κ1) is 25.1. The van der Waals surface area contributed by atoms with Gasteiger partial charge in [0.2, 0.25) is 0 Å². The normalized spacial score (nSPS) is 16.9. The number of aryl methyl sites for hydroxylation is 1. The third-order valence-electron chi connectivity index (χ3n) is 5.59. The zero-order chi connectivity index (χ0) is 26.0. The minimum atomic E-state index is -1.32. The van der Waals surface area contributed by atoms with E-state index in [9.17, 15) is 19.5 Å². The van der Waals surface area contributed by atoms with Gasteiger partial charge in [0.15, 0.2) is 5.13 Å². The van der Waals surface area contributed by atoms with Crippen LogP contribution in [0.1, 0.15) is 45.9 Å². The van der Waals surface area contributed by atoms with Crippen LogP contribution in [-0.4, -0.2) is 41.5 Å². The highest BCUT2D eigenvalue weighted by Gasteiger charge is 2.49. The summed E-state index contributed by atoms with van der Waals surface area (Å²) in [4.78, 5) is 44.1. The Morgan fingerprint density at radius 3 is 2.64 bits per heavy atom. The number of nitrogens with zero attached hydrogens (tertiary/aromatic N) is 2. The third-order valence-corrected chi connectivity index (χ3v) is 6.72. The molecule has 186 valence electrons. The average molecular weight is 511 g/mol. The van der Waals surface area contributed by atoms with E-state index >= 15 is 4.39 Å². The lowest BCUT2D eigenvalue weighted by Gasteiger charge is -2.23. The van der Waals surface area contributed by atoms with Crippen molar-refractivity contribution in [3.05, 3.63) is 81.6 Å². The van der Waals surface area contributed by atoms with Crippen LogP contribution >= 0.6 is 11.3 Å². The topological polar surface area (TPSA) is 106 Å². The molecule has 0 saturated carbocycles. The lowest BCUT2D eigenvalue weighted by Crippen LogP contribution is -2.29. The van der Waals surface area contributed by atoms with Crippen LogP contribution in [0.25, 0.3) is 5.76 Å². The standard InChI is InChI=1S/C26H23FN2O6S/c1-4-12-35-16-9-7-8-15(13-16)21(30)19-20(17-10-5-6-11-18(17)27)29(24(32)22(19)31)26-28-14(2)23(36-26)25(33)34-3/h5-11,13,20,30H,4,12H2,1-3H3. The molecule has 1 N–H and O–H groups in total. The van der Waals surface area contributed by atoms with Gasteiger partial charge in [0.05, 0.1) is 25.0 Å². The fourth-order valence-electron chi connectivity index (χ4n) is 3.90. The number of ketones is 1. The number of Topliss-reactive ketones (excluding diaryl/α,β-unsaturated/α-hetero) is 1. The van der Waals surface area contributed by atoms with Gasteiger partial charge >= 0.3 is 11.9 Å². The predicted molar refractivity (Wildman–Crippen MR) is 132 cm³/mol. The van der Waals surface area contributed by atoms with Gasteiger partial charge in [-0.2, -0.15) is 0 Å².